The van der Waals surface area contributed by atoms with Gasteiger partial charge in [-0.05, 0) is 54.4 Å². The average molecular weight is 368 g/mol. The van der Waals surface area contributed by atoms with Crippen molar-refractivity contribution in [3.8, 4) is 22.6 Å². The number of ether oxygens (including phenoxy) is 2. The summed E-state index contributed by atoms with van der Waals surface area (Å²) in [7, 11) is 0. The zero-order chi connectivity index (χ0) is 19.0. The van der Waals surface area contributed by atoms with Crippen molar-refractivity contribution in [3.05, 3.63) is 71.4 Å². The van der Waals surface area contributed by atoms with Gasteiger partial charge in [-0.2, -0.15) is 0 Å². The number of amides is 1. The second-order valence-corrected chi connectivity index (χ2v) is 6.00. The number of fused-ring (bicyclic) bond motifs is 1. The molecule has 1 amide bonds. The molecule has 0 saturated carbocycles. The number of rotatable bonds is 3. The van der Waals surface area contributed by atoms with Gasteiger partial charge in [-0.3, -0.25) is 4.79 Å². The standard InChI is InChI=1S/C20H14F2N2O3/c1-11-7-16-17(27-10-26-16)8-13(11)12-5-6-18(23-9-12)24-20(25)19-14(21)3-2-4-15(19)22/h2-9H,10H2,1H3,(H,23,24,25). The van der Waals surface area contributed by atoms with Crippen molar-refractivity contribution >= 4 is 11.7 Å². The lowest BCUT2D eigenvalue weighted by molar-refractivity contribution is 0.101. The molecule has 27 heavy (non-hydrogen) atoms. The van der Waals surface area contributed by atoms with Crippen LogP contribution in [0, 0.1) is 18.6 Å². The van der Waals surface area contributed by atoms with Crippen LogP contribution in [-0.4, -0.2) is 17.7 Å². The highest BCUT2D eigenvalue weighted by molar-refractivity contribution is 6.04. The number of carbonyl (C=O) groups is 1. The molecule has 136 valence electrons. The number of hydrogen-bond donors (Lipinski definition) is 1. The lowest BCUT2D eigenvalue weighted by Crippen LogP contribution is -2.16. The van der Waals surface area contributed by atoms with E-state index in [1.54, 1.807) is 18.3 Å². The van der Waals surface area contributed by atoms with Gasteiger partial charge in [-0.1, -0.05) is 6.07 Å². The number of carbonyl (C=O) groups excluding carboxylic acids is 1. The first kappa shape index (κ1) is 17.0. The maximum absolute atomic E-state index is 13.7. The van der Waals surface area contributed by atoms with Crippen molar-refractivity contribution in [1.82, 2.24) is 4.98 Å². The predicted octanol–water partition coefficient (Wildman–Crippen LogP) is 4.32. The summed E-state index contributed by atoms with van der Waals surface area (Å²) in [6.45, 7) is 2.13. The van der Waals surface area contributed by atoms with Crippen LogP contribution in [0.5, 0.6) is 11.5 Å². The van der Waals surface area contributed by atoms with Crippen LogP contribution in [0.2, 0.25) is 0 Å². The first-order valence-corrected chi connectivity index (χ1v) is 8.15. The lowest BCUT2D eigenvalue weighted by Gasteiger charge is -2.09. The Labute approximate surface area is 153 Å². The number of pyridine rings is 1. The Bertz CT molecular complexity index is 1020. The van der Waals surface area contributed by atoms with E-state index in [0.717, 1.165) is 28.8 Å². The largest absolute Gasteiger partial charge is 0.454 e. The number of anilines is 1. The lowest BCUT2D eigenvalue weighted by atomic mass is 10.0. The van der Waals surface area contributed by atoms with E-state index in [1.807, 2.05) is 19.1 Å². The maximum Gasteiger partial charge on any atom is 0.262 e. The van der Waals surface area contributed by atoms with E-state index in [2.05, 4.69) is 10.3 Å². The molecule has 5 nitrogen and oxygen atoms in total. The van der Waals surface area contributed by atoms with E-state index in [1.165, 1.54) is 6.07 Å². The highest BCUT2D eigenvalue weighted by Gasteiger charge is 2.19. The van der Waals surface area contributed by atoms with Crippen LogP contribution in [0.15, 0.2) is 48.7 Å². The molecule has 3 aromatic rings. The van der Waals surface area contributed by atoms with Crippen LogP contribution < -0.4 is 14.8 Å². The Hall–Kier alpha value is -3.48. The molecule has 0 bridgehead atoms. The van der Waals surface area contributed by atoms with E-state index >= 15 is 0 Å². The Morgan fingerprint density at radius 1 is 1.07 bits per heavy atom. The molecule has 0 saturated heterocycles. The molecule has 2 heterocycles. The number of nitrogens with zero attached hydrogens (tertiary/aromatic N) is 1. The molecule has 7 heteroatoms. The zero-order valence-electron chi connectivity index (χ0n) is 14.3. The highest BCUT2D eigenvalue weighted by atomic mass is 19.1. The summed E-state index contributed by atoms with van der Waals surface area (Å²) < 4.78 is 38.1. The van der Waals surface area contributed by atoms with E-state index < -0.39 is 23.1 Å². The van der Waals surface area contributed by atoms with Gasteiger partial charge in [0, 0.05) is 11.8 Å². The first-order valence-electron chi connectivity index (χ1n) is 8.15. The minimum Gasteiger partial charge on any atom is -0.454 e. The van der Waals surface area contributed by atoms with Gasteiger partial charge in [-0.15, -0.1) is 0 Å². The second kappa shape index (κ2) is 6.68. The first-order chi connectivity index (χ1) is 13.0. The predicted molar refractivity (Wildman–Crippen MR) is 94.8 cm³/mol. The quantitative estimate of drug-likeness (QED) is 0.748. The monoisotopic (exact) mass is 368 g/mol. The Morgan fingerprint density at radius 3 is 2.44 bits per heavy atom. The molecule has 2 aromatic carbocycles. The summed E-state index contributed by atoms with van der Waals surface area (Å²) in [6, 6.07) is 10.3. The number of benzene rings is 2. The van der Waals surface area contributed by atoms with E-state index in [4.69, 9.17) is 9.47 Å². The zero-order valence-corrected chi connectivity index (χ0v) is 14.3. The number of hydrogen-bond acceptors (Lipinski definition) is 4. The number of halogens is 2. The van der Waals surface area contributed by atoms with Crippen molar-refractivity contribution < 1.29 is 23.0 Å². The minimum absolute atomic E-state index is 0.185. The fraction of sp³-hybridized carbons (Fsp3) is 0.100. The molecule has 1 aromatic heterocycles. The molecular formula is C20H14F2N2O3. The molecule has 0 aliphatic carbocycles. The van der Waals surface area contributed by atoms with Crippen LogP contribution in [0.1, 0.15) is 15.9 Å². The smallest absolute Gasteiger partial charge is 0.262 e. The van der Waals surface area contributed by atoms with Crippen LogP contribution in [0.4, 0.5) is 14.6 Å². The third kappa shape index (κ3) is 3.19. The number of aryl methyl sites for hydroxylation is 1. The third-order valence-corrected chi connectivity index (χ3v) is 4.23. The van der Waals surface area contributed by atoms with Gasteiger partial charge in [0.25, 0.3) is 5.91 Å². The van der Waals surface area contributed by atoms with E-state index in [9.17, 15) is 13.6 Å². The van der Waals surface area contributed by atoms with E-state index in [0.29, 0.717) is 11.5 Å². The van der Waals surface area contributed by atoms with Gasteiger partial charge >= 0.3 is 0 Å². The maximum atomic E-state index is 13.7. The molecular weight excluding hydrogens is 354 g/mol. The third-order valence-electron chi connectivity index (χ3n) is 4.23. The van der Waals surface area contributed by atoms with Gasteiger partial charge in [0.1, 0.15) is 23.0 Å². The van der Waals surface area contributed by atoms with E-state index in [-0.39, 0.29) is 12.6 Å². The molecule has 0 radical (unpaired) electrons. The second-order valence-electron chi connectivity index (χ2n) is 6.00. The summed E-state index contributed by atoms with van der Waals surface area (Å²) >= 11 is 0. The molecule has 1 aliphatic rings. The number of nitrogens with one attached hydrogen (secondary N) is 1. The fourth-order valence-electron chi connectivity index (χ4n) is 2.88. The van der Waals surface area contributed by atoms with Crippen LogP contribution in [0.3, 0.4) is 0 Å². The van der Waals surface area contributed by atoms with Crippen LogP contribution >= 0.6 is 0 Å². The van der Waals surface area contributed by atoms with Crippen molar-refractivity contribution in [2.24, 2.45) is 0 Å². The molecule has 0 atom stereocenters. The van der Waals surface area contributed by atoms with Gasteiger partial charge in [0.15, 0.2) is 11.5 Å². The highest BCUT2D eigenvalue weighted by Crippen LogP contribution is 2.38. The molecule has 1 N–H and O–H groups in total. The minimum atomic E-state index is -0.930. The molecule has 1 aliphatic heterocycles. The average Bonchev–Trinajstić information content (AvgIpc) is 3.09. The fourth-order valence-corrected chi connectivity index (χ4v) is 2.88. The molecule has 0 unspecified atom stereocenters. The van der Waals surface area contributed by atoms with Crippen molar-refractivity contribution in [3.63, 3.8) is 0 Å². The Morgan fingerprint density at radius 2 is 1.78 bits per heavy atom. The summed E-state index contributed by atoms with van der Waals surface area (Å²) in [5, 5.41) is 2.40. The van der Waals surface area contributed by atoms with Crippen LogP contribution in [-0.2, 0) is 0 Å². The summed E-state index contributed by atoms with van der Waals surface area (Å²) in [5.41, 5.74) is 2.05. The van der Waals surface area contributed by atoms with Crippen molar-refractivity contribution in [1.29, 1.82) is 0 Å². The van der Waals surface area contributed by atoms with Gasteiger partial charge in [-0.25, -0.2) is 13.8 Å². The molecule has 4 rings (SSSR count). The van der Waals surface area contributed by atoms with Crippen molar-refractivity contribution in [2.45, 2.75) is 6.92 Å². The normalized spacial score (nSPS) is 12.1. The SMILES string of the molecule is Cc1cc2c(cc1-c1ccc(NC(=O)c3c(F)cccc3F)nc1)OCO2. The van der Waals surface area contributed by atoms with Crippen LogP contribution in [0.25, 0.3) is 11.1 Å². The summed E-state index contributed by atoms with van der Waals surface area (Å²) in [5.74, 6) is -1.22. The number of aromatic nitrogens is 1. The molecule has 0 fully saturated rings. The van der Waals surface area contributed by atoms with Gasteiger partial charge < -0.3 is 14.8 Å². The van der Waals surface area contributed by atoms with Gasteiger partial charge in [0.05, 0.1) is 0 Å². The van der Waals surface area contributed by atoms with Gasteiger partial charge in [0.2, 0.25) is 6.79 Å². The summed E-state index contributed by atoms with van der Waals surface area (Å²) in [6.07, 6.45) is 1.57. The van der Waals surface area contributed by atoms with Crippen molar-refractivity contribution in [2.75, 3.05) is 12.1 Å². The Balaban J connectivity index is 1.57. The Kier molecular flexibility index (Phi) is 4.19. The molecule has 0 spiro atoms. The topological polar surface area (TPSA) is 60.5 Å². The summed E-state index contributed by atoms with van der Waals surface area (Å²) in [4.78, 5) is 16.3.